The summed E-state index contributed by atoms with van der Waals surface area (Å²) >= 11 is 1.17. The van der Waals surface area contributed by atoms with Gasteiger partial charge < -0.3 is 4.90 Å². The monoisotopic (exact) mass is 508 g/mol. The molecule has 2 heterocycles. The molecule has 0 N–H and O–H groups in total. The normalized spacial score (nSPS) is 18.8. The highest BCUT2D eigenvalue weighted by atomic mass is 32.2. The lowest BCUT2D eigenvalue weighted by Gasteiger charge is -2.24. The van der Waals surface area contributed by atoms with E-state index in [-0.39, 0.29) is 16.7 Å². The van der Waals surface area contributed by atoms with E-state index in [1.165, 1.54) is 17.3 Å². The zero-order valence-corrected chi connectivity index (χ0v) is 22.8. The number of thioether (sulfide) groups is 1. The summed E-state index contributed by atoms with van der Waals surface area (Å²) in [4.78, 5) is 19.9. The van der Waals surface area contributed by atoms with Crippen LogP contribution in [0.15, 0.2) is 93.9 Å². The van der Waals surface area contributed by atoms with Crippen LogP contribution in [0.5, 0.6) is 0 Å². The van der Waals surface area contributed by atoms with E-state index in [0.29, 0.717) is 5.84 Å². The summed E-state index contributed by atoms with van der Waals surface area (Å²) in [5.74, 6) is 0.613. The number of benzene rings is 3. The quantitative estimate of drug-likeness (QED) is 0.366. The SMILES string of the molecule is CN(C)c1ccc(C2CC(c3ccccc3)=NN2C2=NC(=O)S/C2=C\c2ccc(C(C)(C)C)cc2)cc1. The van der Waals surface area contributed by atoms with Crippen molar-refractivity contribution in [2.75, 3.05) is 19.0 Å². The van der Waals surface area contributed by atoms with E-state index in [2.05, 4.69) is 91.3 Å². The first-order valence-corrected chi connectivity index (χ1v) is 13.3. The van der Waals surface area contributed by atoms with Gasteiger partial charge in [0.1, 0.15) is 0 Å². The smallest absolute Gasteiger partial charge is 0.311 e. The Bertz CT molecular complexity index is 1380. The summed E-state index contributed by atoms with van der Waals surface area (Å²) in [6, 6.07) is 27.2. The second-order valence-electron chi connectivity index (χ2n) is 10.6. The molecule has 5 nitrogen and oxygen atoms in total. The van der Waals surface area contributed by atoms with Gasteiger partial charge in [-0.05, 0) is 57.6 Å². The lowest BCUT2D eigenvalue weighted by molar-refractivity contribution is 0.267. The van der Waals surface area contributed by atoms with Crippen LogP contribution in [0.3, 0.4) is 0 Å². The number of hydrogen-bond donors (Lipinski definition) is 0. The van der Waals surface area contributed by atoms with E-state index < -0.39 is 0 Å². The van der Waals surface area contributed by atoms with Crippen molar-refractivity contribution in [3.63, 3.8) is 0 Å². The Morgan fingerprint density at radius 2 is 1.62 bits per heavy atom. The maximum absolute atomic E-state index is 12.6. The van der Waals surface area contributed by atoms with Gasteiger partial charge in [0, 0.05) is 26.2 Å². The van der Waals surface area contributed by atoms with Crippen molar-refractivity contribution in [1.82, 2.24) is 5.01 Å². The molecule has 37 heavy (non-hydrogen) atoms. The lowest BCUT2D eigenvalue weighted by Crippen LogP contribution is -2.26. The Kier molecular flexibility index (Phi) is 6.78. The molecule has 0 aromatic heterocycles. The second-order valence-corrected chi connectivity index (χ2v) is 11.6. The van der Waals surface area contributed by atoms with Gasteiger partial charge in [-0.2, -0.15) is 10.1 Å². The maximum Gasteiger partial charge on any atom is 0.311 e. The fraction of sp³-hybridized carbons (Fsp3) is 0.258. The van der Waals surface area contributed by atoms with Crippen LogP contribution in [-0.4, -0.2) is 35.9 Å². The second kappa shape index (κ2) is 10.0. The third-order valence-electron chi connectivity index (χ3n) is 6.72. The molecule has 1 amide bonds. The molecule has 0 bridgehead atoms. The van der Waals surface area contributed by atoms with Crippen LogP contribution in [-0.2, 0) is 5.41 Å². The number of hydrazone groups is 1. The molecule has 0 aliphatic carbocycles. The number of carbonyl (C=O) groups excluding carboxylic acids is 1. The lowest BCUT2D eigenvalue weighted by atomic mass is 9.87. The van der Waals surface area contributed by atoms with Gasteiger partial charge in [-0.1, -0.05) is 87.5 Å². The summed E-state index contributed by atoms with van der Waals surface area (Å²) < 4.78 is 0. The number of rotatable bonds is 4. The molecule has 1 unspecified atom stereocenters. The van der Waals surface area contributed by atoms with E-state index >= 15 is 0 Å². The fourth-order valence-corrected chi connectivity index (χ4v) is 5.30. The molecule has 0 spiro atoms. The molecule has 6 heteroatoms. The molecule has 0 saturated heterocycles. The number of anilines is 1. The first kappa shape index (κ1) is 25.0. The van der Waals surface area contributed by atoms with Crippen LogP contribution in [0.25, 0.3) is 6.08 Å². The summed E-state index contributed by atoms with van der Waals surface area (Å²) in [6.07, 6.45) is 2.78. The molecule has 1 atom stereocenters. The fourth-order valence-electron chi connectivity index (χ4n) is 4.56. The molecular formula is C31H32N4OS. The van der Waals surface area contributed by atoms with Crippen LogP contribution in [0, 0.1) is 0 Å². The van der Waals surface area contributed by atoms with Crippen molar-refractivity contribution in [1.29, 1.82) is 0 Å². The largest absolute Gasteiger partial charge is 0.378 e. The number of amidine groups is 1. The van der Waals surface area contributed by atoms with Gasteiger partial charge >= 0.3 is 5.24 Å². The third-order valence-corrected chi connectivity index (χ3v) is 7.50. The molecule has 2 aliphatic heterocycles. The predicted octanol–water partition coefficient (Wildman–Crippen LogP) is 7.51. The Balaban J connectivity index is 1.52. The predicted molar refractivity (Wildman–Crippen MR) is 156 cm³/mol. The Hall–Kier alpha value is -3.64. The van der Waals surface area contributed by atoms with Crippen molar-refractivity contribution < 1.29 is 4.79 Å². The molecule has 0 radical (unpaired) electrons. The Morgan fingerprint density at radius 3 is 2.24 bits per heavy atom. The molecule has 0 fully saturated rings. The van der Waals surface area contributed by atoms with Crippen LogP contribution in [0.2, 0.25) is 0 Å². The van der Waals surface area contributed by atoms with Gasteiger partial charge in [-0.25, -0.2) is 5.01 Å². The van der Waals surface area contributed by atoms with Gasteiger partial charge in [0.25, 0.3) is 0 Å². The summed E-state index contributed by atoms with van der Waals surface area (Å²) in [7, 11) is 4.07. The van der Waals surface area contributed by atoms with E-state index in [0.717, 1.165) is 39.4 Å². The summed E-state index contributed by atoms with van der Waals surface area (Å²) in [5, 5.41) is 6.76. The Labute approximate surface area is 223 Å². The Morgan fingerprint density at radius 1 is 0.946 bits per heavy atom. The highest BCUT2D eigenvalue weighted by Crippen LogP contribution is 2.40. The zero-order chi connectivity index (χ0) is 26.2. The highest BCUT2D eigenvalue weighted by Gasteiger charge is 2.36. The maximum atomic E-state index is 12.6. The number of nitrogens with zero attached hydrogens (tertiary/aromatic N) is 4. The number of amides is 1. The van der Waals surface area contributed by atoms with Crippen molar-refractivity contribution in [3.8, 4) is 0 Å². The van der Waals surface area contributed by atoms with Crippen molar-refractivity contribution >= 4 is 40.3 Å². The summed E-state index contributed by atoms with van der Waals surface area (Å²) in [6.45, 7) is 6.62. The van der Waals surface area contributed by atoms with E-state index in [1.54, 1.807) is 0 Å². The average molecular weight is 509 g/mol. The molecule has 2 aliphatic rings. The van der Waals surface area contributed by atoms with E-state index in [9.17, 15) is 4.79 Å². The average Bonchev–Trinajstić information content (AvgIpc) is 3.48. The molecule has 188 valence electrons. The number of carbonyl (C=O) groups is 1. The van der Waals surface area contributed by atoms with Crippen molar-refractivity contribution in [2.24, 2.45) is 10.1 Å². The zero-order valence-electron chi connectivity index (χ0n) is 22.0. The molecule has 3 aromatic carbocycles. The third kappa shape index (κ3) is 5.39. The van der Waals surface area contributed by atoms with Crippen LogP contribution in [0.4, 0.5) is 10.5 Å². The van der Waals surface area contributed by atoms with Crippen LogP contribution in [0.1, 0.15) is 55.5 Å². The number of aliphatic imine (C=N–C) groups is 1. The summed E-state index contributed by atoms with van der Waals surface area (Å²) in [5.41, 5.74) is 6.75. The topological polar surface area (TPSA) is 48.3 Å². The van der Waals surface area contributed by atoms with Gasteiger partial charge in [0.2, 0.25) is 0 Å². The molecule has 5 rings (SSSR count). The van der Waals surface area contributed by atoms with Gasteiger partial charge in [-0.15, -0.1) is 0 Å². The van der Waals surface area contributed by atoms with Gasteiger partial charge in [0.15, 0.2) is 5.84 Å². The molecule has 0 saturated carbocycles. The minimum Gasteiger partial charge on any atom is -0.378 e. The first-order valence-electron chi connectivity index (χ1n) is 12.5. The van der Waals surface area contributed by atoms with Gasteiger partial charge in [-0.3, -0.25) is 4.79 Å². The van der Waals surface area contributed by atoms with Crippen molar-refractivity contribution in [2.45, 2.75) is 38.6 Å². The van der Waals surface area contributed by atoms with E-state index in [1.807, 2.05) is 43.4 Å². The first-order chi connectivity index (χ1) is 17.7. The molecule has 3 aromatic rings. The minimum absolute atomic E-state index is 0.0525. The standard InChI is InChI=1S/C31H32N4OS/c1-31(2,3)24-15-11-21(12-16-24)19-28-29(32-30(36)37-28)35-27(23-13-17-25(18-14-23)34(4)5)20-26(33-35)22-9-7-6-8-10-22/h6-19,27H,20H2,1-5H3/b28-19-. The van der Waals surface area contributed by atoms with E-state index in [4.69, 9.17) is 5.10 Å². The van der Waals surface area contributed by atoms with Crippen LogP contribution < -0.4 is 4.90 Å². The van der Waals surface area contributed by atoms with Crippen LogP contribution >= 0.6 is 11.8 Å². The highest BCUT2D eigenvalue weighted by molar-refractivity contribution is 8.18. The molecular weight excluding hydrogens is 476 g/mol. The number of hydrogen-bond acceptors (Lipinski definition) is 5. The van der Waals surface area contributed by atoms with Crippen molar-refractivity contribution in [3.05, 3.63) is 106 Å². The van der Waals surface area contributed by atoms with Gasteiger partial charge in [0.05, 0.1) is 16.7 Å². The minimum atomic E-state index is -0.211.